The SMILES string of the molecule is O=C(NCCC1CCCNC1)c1ccn(-c2ccc(F)cc2)n1. The highest BCUT2D eigenvalue weighted by molar-refractivity contribution is 5.92. The van der Waals surface area contributed by atoms with Crippen molar-refractivity contribution in [3.8, 4) is 5.69 Å². The molecule has 0 bridgehead atoms. The van der Waals surface area contributed by atoms with Crippen LogP contribution < -0.4 is 10.6 Å². The average Bonchev–Trinajstić information content (AvgIpc) is 3.06. The summed E-state index contributed by atoms with van der Waals surface area (Å²) < 4.78 is 14.5. The van der Waals surface area contributed by atoms with E-state index in [4.69, 9.17) is 0 Å². The number of halogens is 1. The summed E-state index contributed by atoms with van der Waals surface area (Å²) in [5.41, 5.74) is 1.09. The number of amides is 1. The van der Waals surface area contributed by atoms with E-state index in [1.807, 2.05) is 0 Å². The predicted molar refractivity (Wildman–Crippen MR) is 86.1 cm³/mol. The molecule has 5 nitrogen and oxygen atoms in total. The fourth-order valence-corrected chi connectivity index (χ4v) is 2.83. The van der Waals surface area contributed by atoms with Gasteiger partial charge >= 0.3 is 0 Å². The maximum atomic E-state index is 12.9. The van der Waals surface area contributed by atoms with Crippen LogP contribution >= 0.6 is 0 Å². The Morgan fingerprint density at radius 1 is 1.35 bits per heavy atom. The molecule has 3 rings (SSSR count). The number of hydrogen-bond donors (Lipinski definition) is 2. The number of benzene rings is 1. The van der Waals surface area contributed by atoms with Gasteiger partial charge in [0.2, 0.25) is 0 Å². The lowest BCUT2D eigenvalue weighted by atomic mass is 9.96. The molecule has 0 aliphatic carbocycles. The third-order valence-corrected chi connectivity index (χ3v) is 4.15. The molecule has 1 fully saturated rings. The van der Waals surface area contributed by atoms with Crippen LogP contribution in [0.1, 0.15) is 29.8 Å². The molecular formula is C17H21FN4O. The number of piperidine rings is 1. The van der Waals surface area contributed by atoms with Crippen LogP contribution in [0, 0.1) is 11.7 Å². The van der Waals surface area contributed by atoms with Crippen LogP contribution in [0.2, 0.25) is 0 Å². The molecule has 1 aromatic carbocycles. The summed E-state index contributed by atoms with van der Waals surface area (Å²) in [7, 11) is 0. The zero-order valence-corrected chi connectivity index (χ0v) is 13.0. The van der Waals surface area contributed by atoms with Gasteiger partial charge in [0, 0.05) is 12.7 Å². The van der Waals surface area contributed by atoms with Gasteiger partial charge in [0.25, 0.3) is 5.91 Å². The Hall–Kier alpha value is -2.21. The number of rotatable bonds is 5. The quantitative estimate of drug-likeness (QED) is 0.888. The van der Waals surface area contributed by atoms with E-state index >= 15 is 0 Å². The van der Waals surface area contributed by atoms with Crippen LogP contribution in [0.25, 0.3) is 5.69 Å². The summed E-state index contributed by atoms with van der Waals surface area (Å²) in [5, 5.41) is 10.5. The molecule has 1 atom stereocenters. The first-order valence-electron chi connectivity index (χ1n) is 8.03. The molecule has 6 heteroatoms. The molecule has 1 aromatic heterocycles. The van der Waals surface area contributed by atoms with E-state index in [1.54, 1.807) is 29.1 Å². The maximum Gasteiger partial charge on any atom is 0.271 e. The van der Waals surface area contributed by atoms with Gasteiger partial charge in [0.15, 0.2) is 5.69 Å². The molecule has 23 heavy (non-hydrogen) atoms. The van der Waals surface area contributed by atoms with Gasteiger partial charge < -0.3 is 10.6 Å². The molecule has 1 aliphatic rings. The van der Waals surface area contributed by atoms with Crippen molar-refractivity contribution in [1.82, 2.24) is 20.4 Å². The molecule has 122 valence electrons. The standard InChI is InChI=1S/C17H21FN4O/c18-14-3-5-15(6-4-14)22-11-8-16(21-22)17(23)20-10-7-13-2-1-9-19-12-13/h3-6,8,11,13,19H,1-2,7,9-10,12H2,(H,20,23). The molecule has 1 aliphatic heterocycles. The second kappa shape index (κ2) is 7.37. The van der Waals surface area contributed by atoms with E-state index < -0.39 is 0 Å². The van der Waals surface area contributed by atoms with Crippen molar-refractivity contribution >= 4 is 5.91 Å². The number of nitrogens with zero attached hydrogens (tertiary/aromatic N) is 2. The minimum atomic E-state index is -0.295. The summed E-state index contributed by atoms with van der Waals surface area (Å²) in [4.78, 5) is 12.1. The Kier molecular flexibility index (Phi) is 5.02. The first kappa shape index (κ1) is 15.7. The molecule has 2 N–H and O–H groups in total. The van der Waals surface area contributed by atoms with E-state index in [1.165, 1.54) is 25.0 Å². The number of aromatic nitrogens is 2. The Labute approximate surface area is 134 Å². The van der Waals surface area contributed by atoms with E-state index in [9.17, 15) is 9.18 Å². The smallest absolute Gasteiger partial charge is 0.271 e. The highest BCUT2D eigenvalue weighted by Crippen LogP contribution is 2.13. The molecule has 1 amide bonds. The molecule has 2 heterocycles. The number of hydrogen-bond acceptors (Lipinski definition) is 3. The largest absolute Gasteiger partial charge is 0.351 e. The number of carbonyl (C=O) groups is 1. The Morgan fingerprint density at radius 3 is 2.91 bits per heavy atom. The van der Waals surface area contributed by atoms with Crippen LogP contribution in [0.3, 0.4) is 0 Å². The molecule has 2 aromatic rings. The van der Waals surface area contributed by atoms with Crippen molar-refractivity contribution in [1.29, 1.82) is 0 Å². The molecule has 1 unspecified atom stereocenters. The van der Waals surface area contributed by atoms with Crippen molar-refractivity contribution in [2.45, 2.75) is 19.3 Å². The zero-order valence-electron chi connectivity index (χ0n) is 13.0. The second-order valence-corrected chi connectivity index (χ2v) is 5.88. The lowest BCUT2D eigenvalue weighted by molar-refractivity contribution is 0.0945. The van der Waals surface area contributed by atoms with Crippen molar-refractivity contribution in [3.63, 3.8) is 0 Å². The van der Waals surface area contributed by atoms with Gasteiger partial charge in [0.05, 0.1) is 5.69 Å². The fourth-order valence-electron chi connectivity index (χ4n) is 2.83. The highest BCUT2D eigenvalue weighted by Gasteiger charge is 2.14. The first-order chi connectivity index (χ1) is 11.2. The topological polar surface area (TPSA) is 59.0 Å². The third-order valence-electron chi connectivity index (χ3n) is 4.15. The molecular weight excluding hydrogens is 295 g/mol. The number of nitrogens with one attached hydrogen (secondary N) is 2. The maximum absolute atomic E-state index is 12.9. The van der Waals surface area contributed by atoms with Crippen LogP contribution in [-0.4, -0.2) is 35.3 Å². The summed E-state index contributed by atoms with van der Waals surface area (Å²) in [6, 6.07) is 7.66. The first-order valence-corrected chi connectivity index (χ1v) is 8.03. The van der Waals surface area contributed by atoms with E-state index in [-0.39, 0.29) is 11.7 Å². The summed E-state index contributed by atoms with van der Waals surface area (Å²) in [6.45, 7) is 2.80. The van der Waals surface area contributed by atoms with Gasteiger partial charge in [0.1, 0.15) is 5.82 Å². The van der Waals surface area contributed by atoms with Crippen LogP contribution in [0.15, 0.2) is 36.5 Å². The second-order valence-electron chi connectivity index (χ2n) is 5.88. The summed E-state index contributed by atoms with van der Waals surface area (Å²) >= 11 is 0. The fraction of sp³-hybridized carbons (Fsp3) is 0.412. The van der Waals surface area contributed by atoms with E-state index in [0.717, 1.165) is 25.2 Å². The highest BCUT2D eigenvalue weighted by atomic mass is 19.1. The summed E-state index contributed by atoms with van der Waals surface area (Å²) in [5.74, 6) is 0.173. The van der Waals surface area contributed by atoms with Gasteiger partial charge in [-0.1, -0.05) is 0 Å². The Bertz CT molecular complexity index is 647. The predicted octanol–water partition coefficient (Wildman–Crippen LogP) is 2.13. The van der Waals surface area contributed by atoms with Crippen molar-refractivity contribution in [2.75, 3.05) is 19.6 Å². The van der Waals surface area contributed by atoms with Crippen molar-refractivity contribution in [3.05, 3.63) is 48.0 Å². The Balaban J connectivity index is 1.52. The minimum absolute atomic E-state index is 0.172. The summed E-state index contributed by atoms with van der Waals surface area (Å²) in [6.07, 6.45) is 5.12. The van der Waals surface area contributed by atoms with Gasteiger partial charge in [-0.05, 0) is 68.6 Å². The normalized spacial score (nSPS) is 17.9. The zero-order chi connectivity index (χ0) is 16.1. The van der Waals surface area contributed by atoms with Gasteiger partial charge in [-0.3, -0.25) is 4.79 Å². The molecule has 0 spiro atoms. The van der Waals surface area contributed by atoms with Gasteiger partial charge in [-0.25, -0.2) is 9.07 Å². The third kappa shape index (κ3) is 4.16. The van der Waals surface area contributed by atoms with Crippen molar-refractivity contribution < 1.29 is 9.18 Å². The van der Waals surface area contributed by atoms with Gasteiger partial charge in [-0.15, -0.1) is 0 Å². The Morgan fingerprint density at radius 2 is 2.17 bits per heavy atom. The molecule has 0 radical (unpaired) electrons. The lowest BCUT2D eigenvalue weighted by Crippen LogP contribution is -2.33. The molecule has 1 saturated heterocycles. The molecule has 0 saturated carbocycles. The van der Waals surface area contributed by atoms with Crippen LogP contribution in [0.4, 0.5) is 4.39 Å². The monoisotopic (exact) mass is 316 g/mol. The number of carbonyl (C=O) groups excluding carboxylic acids is 1. The average molecular weight is 316 g/mol. The van der Waals surface area contributed by atoms with E-state index in [2.05, 4.69) is 15.7 Å². The van der Waals surface area contributed by atoms with Crippen LogP contribution in [0.5, 0.6) is 0 Å². The van der Waals surface area contributed by atoms with E-state index in [0.29, 0.717) is 18.2 Å². The van der Waals surface area contributed by atoms with Crippen LogP contribution in [-0.2, 0) is 0 Å². The minimum Gasteiger partial charge on any atom is -0.351 e. The lowest BCUT2D eigenvalue weighted by Gasteiger charge is -2.22. The van der Waals surface area contributed by atoms with Gasteiger partial charge in [-0.2, -0.15) is 5.10 Å². The van der Waals surface area contributed by atoms with Crippen molar-refractivity contribution in [2.24, 2.45) is 5.92 Å².